The van der Waals surface area contributed by atoms with Crippen molar-refractivity contribution in [1.82, 2.24) is 4.98 Å². The topological polar surface area (TPSA) is 77.2 Å². The van der Waals surface area contributed by atoms with Crippen LogP contribution in [0.25, 0.3) is 0 Å². The number of anilines is 1. The fourth-order valence-corrected chi connectivity index (χ4v) is 2.02. The summed E-state index contributed by atoms with van der Waals surface area (Å²) in [7, 11) is 0. The monoisotopic (exact) mass is 231 g/mol. The van der Waals surface area contributed by atoms with E-state index in [-0.39, 0.29) is 18.4 Å². The van der Waals surface area contributed by atoms with Crippen LogP contribution in [-0.2, 0) is 4.79 Å². The molecule has 1 aliphatic rings. The van der Waals surface area contributed by atoms with Gasteiger partial charge in [0.15, 0.2) is 0 Å². The van der Waals surface area contributed by atoms with Crippen molar-refractivity contribution in [3.05, 3.63) is 23.4 Å². The Labute approximate surface area is 99.3 Å². The Bertz CT molecular complexity index is 493. The molecule has 0 aromatic carbocycles. The second kappa shape index (κ2) is 4.52. The number of nitrogens with zero attached hydrogens (tertiary/aromatic N) is 3. The molecule has 2 rings (SSSR count). The Morgan fingerprint density at radius 1 is 1.71 bits per heavy atom. The molecule has 1 aromatic heterocycles. The summed E-state index contributed by atoms with van der Waals surface area (Å²) in [6.45, 7) is 2.33. The summed E-state index contributed by atoms with van der Waals surface area (Å²) in [5.41, 5.74) is 1.28. The van der Waals surface area contributed by atoms with E-state index >= 15 is 0 Å². The van der Waals surface area contributed by atoms with Gasteiger partial charge in [0, 0.05) is 31.7 Å². The van der Waals surface area contributed by atoms with Crippen LogP contribution in [-0.4, -0.2) is 29.1 Å². The molecule has 0 spiro atoms. The number of carbonyl (C=O) groups is 1. The van der Waals surface area contributed by atoms with Gasteiger partial charge in [0.25, 0.3) is 0 Å². The number of amides is 1. The van der Waals surface area contributed by atoms with E-state index in [1.807, 2.05) is 13.0 Å². The van der Waals surface area contributed by atoms with Crippen molar-refractivity contribution in [3.8, 4) is 6.07 Å². The fraction of sp³-hybridized carbons (Fsp3) is 0.417. The first-order valence-corrected chi connectivity index (χ1v) is 5.43. The lowest BCUT2D eigenvalue weighted by Gasteiger charge is -2.17. The van der Waals surface area contributed by atoms with Crippen molar-refractivity contribution in [3.63, 3.8) is 0 Å². The SMILES string of the molecule is Cc1cc(C#N)cnc1N1CC(CO)CC1=O. The Kier molecular flexibility index (Phi) is 3.07. The summed E-state index contributed by atoms with van der Waals surface area (Å²) in [5.74, 6) is 0.550. The molecule has 0 radical (unpaired) electrons. The standard InChI is InChI=1S/C12H13N3O2/c1-8-2-9(4-13)5-14-12(8)15-6-10(7-16)3-11(15)17/h2,5,10,16H,3,6-7H2,1H3. The zero-order chi connectivity index (χ0) is 12.4. The maximum Gasteiger partial charge on any atom is 0.228 e. The third-order valence-corrected chi connectivity index (χ3v) is 2.90. The minimum absolute atomic E-state index is 0.0115. The molecule has 5 nitrogen and oxygen atoms in total. The highest BCUT2D eigenvalue weighted by Crippen LogP contribution is 2.25. The second-order valence-corrected chi connectivity index (χ2v) is 4.23. The predicted octanol–water partition coefficient (Wildman–Crippen LogP) is 0.607. The van der Waals surface area contributed by atoms with Crippen molar-refractivity contribution in [2.45, 2.75) is 13.3 Å². The quantitative estimate of drug-likeness (QED) is 0.808. The number of aliphatic hydroxyl groups excluding tert-OH is 1. The molecule has 1 N–H and O–H groups in total. The zero-order valence-electron chi connectivity index (χ0n) is 9.55. The summed E-state index contributed by atoms with van der Waals surface area (Å²) in [5, 5.41) is 17.8. The van der Waals surface area contributed by atoms with Crippen LogP contribution in [0.3, 0.4) is 0 Å². The molecular formula is C12H13N3O2. The highest BCUT2D eigenvalue weighted by Gasteiger charge is 2.31. The lowest BCUT2D eigenvalue weighted by atomic mass is 10.1. The molecule has 1 amide bonds. The maximum absolute atomic E-state index is 11.8. The normalized spacial score (nSPS) is 19.5. The smallest absolute Gasteiger partial charge is 0.228 e. The lowest BCUT2D eigenvalue weighted by molar-refractivity contribution is -0.117. The van der Waals surface area contributed by atoms with Crippen LogP contribution in [0.4, 0.5) is 5.82 Å². The van der Waals surface area contributed by atoms with Crippen LogP contribution in [0.1, 0.15) is 17.5 Å². The minimum atomic E-state index is -0.0237. The van der Waals surface area contributed by atoms with E-state index in [2.05, 4.69) is 4.98 Å². The molecule has 88 valence electrons. The Balaban J connectivity index is 2.29. The average molecular weight is 231 g/mol. The van der Waals surface area contributed by atoms with Gasteiger partial charge >= 0.3 is 0 Å². The van der Waals surface area contributed by atoms with Gasteiger partial charge in [-0.25, -0.2) is 4.98 Å². The number of nitriles is 1. The first-order chi connectivity index (χ1) is 8.15. The molecule has 1 saturated heterocycles. The largest absolute Gasteiger partial charge is 0.396 e. The highest BCUT2D eigenvalue weighted by atomic mass is 16.3. The van der Waals surface area contributed by atoms with Gasteiger partial charge in [-0.2, -0.15) is 5.26 Å². The maximum atomic E-state index is 11.8. The second-order valence-electron chi connectivity index (χ2n) is 4.23. The van der Waals surface area contributed by atoms with Crippen LogP contribution in [0.15, 0.2) is 12.3 Å². The molecule has 1 aromatic rings. The molecule has 1 aliphatic heterocycles. The van der Waals surface area contributed by atoms with Gasteiger partial charge in [0.1, 0.15) is 11.9 Å². The number of hydrogen-bond acceptors (Lipinski definition) is 4. The fourth-order valence-electron chi connectivity index (χ4n) is 2.02. The van der Waals surface area contributed by atoms with Crippen LogP contribution >= 0.6 is 0 Å². The molecule has 17 heavy (non-hydrogen) atoms. The summed E-state index contributed by atoms with van der Waals surface area (Å²) in [6, 6.07) is 3.72. The van der Waals surface area contributed by atoms with Crippen LogP contribution in [0.2, 0.25) is 0 Å². The number of aromatic nitrogens is 1. The minimum Gasteiger partial charge on any atom is -0.396 e. The van der Waals surface area contributed by atoms with Gasteiger partial charge in [-0.3, -0.25) is 9.69 Å². The first-order valence-electron chi connectivity index (χ1n) is 5.43. The Morgan fingerprint density at radius 3 is 3.00 bits per heavy atom. The Hall–Kier alpha value is -1.93. The lowest BCUT2D eigenvalue weighted by Crippen LogP contribution is -2.26. The summed E-state index contributed by atoms with van der Waals surface area (Å²) in [6.07, 6.45) is 1.82. The molecule has 1 fully saturated rings. The molecule has 1 unspecified atom stereocenters. The van der Waals surface area contributed by atoms with Crippen molar-refractivity contribution in [2.24, 2.45) is 5.92 Å². The van der Waals surface area contributed by atoms with Crippen molar-refractivity contribution in [1.29, 1.82) is 5.26 Å². The first kappa shape index (κ1) is 11.6. The molecule has 1 atom stereocenters. The molecular weight excluding hydrogens is 218 g/mol. The summed E-state index contributed by atoms with van der Waals surface area (Å²) in [4.78, 5) is 17.5. The van der Waals surface area contributed by atoms with E-state index < -0.39 is 0 Å². The highest BCUT2D eigenvalue weighted by molar-refractivity contribution is 5.95. The van der Waals surface area contributed by atoms with E-state index in [9.17, 15) is 4.79 Å². The number of rotatable bonds is 2. The van der Waals surface area contributed by atoms with E-state index in [0.29, 0.717) is 24.3 Å². The van der Waals surface area contributed by atoms with Gasteiger partial charge in [0.2, 0.25) is 5.91 Å². The number of aliphatic hydroxyl groups is 1. The van der Waals surface area contributed by atoms with Crippen molar-refractivity contribution < 1.29 is 9.90 Å². The third kappa shape index (κ3) is 2.12. The zero-order valence-corrected chi connectivity index (χ0v) is 9.55. The van der Waals surface area contributed by atoms with Crippen molar-refractivity contribution in [2.75, 3.05) is 18.1 Å². The molecule has 5 heteroatoms. The van der Waals surface area contributed by atoms with Gasteiger partial charge < -0.3 is 5.11 Å². The third-order valence-electron chi connectivity index (χ3n) is 2.90. The number of pyridine rings is 1. The van der Waals surface area contributed by atoms with Crippen LogP contribution in [0, 0.1) is 24.2 Å². The van der Waals surface area contributed by atoms with Crippen molar-refractivity contribution >= 4 is 11.7 Å². The van der Waals surface area contributed by atoms with E-state index in [4.69, 9.17) is 10.4 Å². The van der Waals surface area contributed by atoms with E-state index in [1.165, 1.54) is 6.20 Å². The molecule has 2 heterocycles. The van der Waals surface area contributed by atoms with Gasteiger partial charge in [0.05, 0.1) is 5.56 Å². The molecule has 0 saturated carbocycles. The van der Waals surface area contributed by atoms with E-state index in [0.717, 1.165) is 5.56 Å². The summed E-state index contributed by atoms with van der Waals surface area (Å²) < 4.78 is 0. The Morgan fingerprint density at radius 2 is 2.47 bits per heavy atom. The van der Waals surface area contributed by atoms with Crippen LogP contribution < -0.4 is 4.90 Å². The van der Waals surface area contributed by atoms with Gasteiger partial charge in [-0.1, -0.05) is 0 Å². The number of carbonyl (C=O) groups excluding carboxylic acids is 1. The number of aryl methyl sites for hydroxylation is 1. The van der Waals surface area contributed by atoms with Gasteiger partial charge in [-0.05, 0) is 18.6 Å². The number of hydrogen-bond donors (Lipinski definition) is 1. The van der Waals surface area contributed by atoms with Crippen LogP contribution in [0.5, 0.6) is 0 Å². The predicted molar refractivity (Wildman–Crippen MR) is 61.2 cm³/mol. The van der Waals surface area contributed by atoms with E-state index in [1.54, 1.807) is 11.0 Å². The van der Waals surface area contributed by atoms with Gasteiger partial charge in [-0.15, -0.1) is 0 Å². The summed E-state index contributed by atoms with van der Waals surface area (Å²) >= 11 is 0. The average Bonchev–Trinajstić information content (AvgIpc) is 2.70. The molecule has 0 bridgehead atoms. The molecule has 0 aliphatic carbocycles.